The van der Waals surface area contributed by atoms with E-state index >= 15 is 0 Å². The van der Waals surface area contributed by atoms with Crippen LogP contribution in [0.5, 0.6) is 0 Å². The van der Waals surface area contributed by atoms with Gasteiger partial charge >= 0.3 is 5.97 Å². The molecule has 0 radical (unpaired) electrons. The van der Waals surface area contributed by atoms with Crippen LogP contribution in [0.15, 0.2) is 0 Å². The molecule has 0 aromatic carbocycles. The van der Waals surface area contributed by atoms with Crippen LogP contribution in [0.25, 0.3) is 0 Å². The number of aliphatic hydroxyl groups is 2. The summed E-state index contributed by atoms with van der Waals surface area (Å²) in [6, 6.07) is 0. The van der Waals surface area contributed by atoms with E-state index < -0.39 is 5.97 Å². The molecule has 0 spiro atoms. The van der Waals surface area contributed by atoms with E-state index in [1.807, 2.05) is 0 Å². The van der Waals surface area contributed by atoms with E-state index in [2.05, 4.69) is 20.8 Å². The third-order valence-corrected chi connectivity index (χ3v) is 10.3. The van der Waals surface area contributed by atoms with Gasteiger partial charge < -0.3 is 15.3 Å². The SMILES string of the molecule is CC(CCC(=O)O)[C@H]1CC[C@H]2[C@@H]3CC[C@@H]4CC(O)CC[C@]4(C)[C@H]3CC(O)[C@]12C. The van der Waals surface area contributed by atoms with Gasteiger partial charge in [0.05, 0.1) is 12.2 Å². The molecule has 4 aliphatic rings. The first-order valence-electron chi connectivity index (χ1n) is 11.8. The van der Waals surface area contributed by atoms with Gasteiger partial charge in [0.1, 0.15) is 0 Å². The average Bonchev–Trinajstić information content (AvgIpc) is 3.00. The molecule has 4 heteroatoms. The maximum atomic E-state index is 11.5. The molecule has 28 heavy (non-hydrogen) atoms. The molecule has 0 aromatic rings. The summed E-state index contributed by atoms with van der Waals surface area (Å²) in [5.41, 5.74) is 0.216. The van der Waals surface area contributed by atoms with Gasteiger partial charge in [-0.15, -0.1) is 0 Å². The van der Waals surface area contributed by atoms with E-state index in [0.717, 1.165) is 38.5 Å². The largest absolute Gasteiger partial charge is 0.481 e. The second-order valence-electron chi connectivity index (χ2n) is 11.3. The molecular weight excluding hydrogens is 352 g/mol. The molecule has 0 heterocycles. The topological polar surface area (TPSA) is 77.8 Å². The van der Waals surface area contributed by atoms with Crippen LogP contribution >= 0.6 is 0 Å². The average molecular weight is 393 g/mol. The Morgan fingerprint density at radius 2 is 1.79 bits per heavy atom. The minimum absolute atomic E-state index is 0.0591. The van der Waals surface area contributed by atoms with E-state index in [0.29, 0.717) is 35.5 Å². The number of hydrogen-bond acceptors (Lipinski definition) is 3. The number of aliphatic hydroxyl groups excluding tert-OH is 2. The second-order valence-corrected chi connectivity index (χ2v) is 11.3. The third-order valence-electron chi connectivity index (χ3n) is 10.3. The zero-order chi connectivity index (χ0) is 20.3. The molecule has 0 amide bonds. The van der Waals surface area contributed by atoms with Gasteiger partial charge in [-0.3, -0.25) is 4.79 Å². The van der Waals surface area contributed by atoms with Gasteiger partial charge in [-0.2, -0.15) is 0 Å². The summed E-state index contributed by atoms with van der Waals surface area (Å²) in [5.74, 6) is 2.55. The van der Waals surface area contributed by atoms with E-state index in [4.69, 9.17) is 5.11 Å². The summed E-state index contributed by atoms with van der Waals surface area (Å²) in [7, 11) is 0. The van der Waals surface area contributed by atoms with E-state index in [1.54, 1.807) is 0 Å². The summed E-state index contributed by atoms with van der Waals surface area (Å²) in [5, 5.41) is 30.8. The van der Waals surface area contributed by atoms with Crippen molar-refractivity contribution >= 4 is 5.97 Å². The molecule has 4 saturated carbocycles. The van der Waals surface area contributed by atoms with Crippen LogP contribution in [0.3, 0.4) is 0 Å². The predicted octanol–water partition coefficient (Wildman–Crippen LogP) is 4.48. The lowest BCUT2D eigenvalue weighted by Crippen LogP contribution is -2.58. The van der Waals surface area contributed by atoms with Crippen LogP contribution in [-0.2, 0) is 4.79 Å². The lowest BCUT2D eigenvalue weighted by atomic mass is 9.43. The van der Waals surface area contributed by atoms with Gasteiger partial charge in [-0.25, -0.2) is 0 Å². The minimum Gasteiger partial charge on any atom is -0.481 e. The van der Waals surface area contributed by atoms with Crippen molar-refractivity contribution in [3.8, 4) is 0 Å². The molecule has 0 aliphatic heterocycles. The molecular formula is C24H40O4. The summed E-state index contributed by atoms with van der Waals surface area (Å²) < 4.78 is 0. The molecule has 4 nitrogen and oxygen atoms in total. The van der Waals surface area contributed by atoms with E-state index in [-0.39, 0.29) is 29.5 Å². The molecule has 160 valence electrons. The van der Waals surface area contributed by atoms with Crippen molar-refractivity contribution in [2.24, 2.45) is 46.3 Å². The van der Waals surface area contributed by atoms with Gasteiger partial charge in [0.15, 0.2) is 0 Å². The highest BCUT2D eigenvalue weighted by Gasteiger charge is 2.63. The van der Waals surface area contributed by atoms with E-state index in [1.165, 1.54) is 19.3 Å². The predicted molar refractivity (Wildman–Crippen MR) is 109 cm³/mol. The Bertz CT molecular complexity index is 605. The van der Waals surface area contributed by atoms with Crippen molar-refractivity contribution in [3.63, 3.8) is 0 Å². The van der Waals surface area contributed by atoms with Gasteiger partial charge in [-0.05, 0) is 104 Å². The summed E-state index contributed by atoms with van der Waals surface area (Å²) >= 11 is 0. The highest BCUT2D eigenvalue weighted by Crippen LogP contribution is 2.68. The molecule has 4 rings (SSSR count). The molecule has 3 unspecified atom stereocenters. The standard InChI is InChI=1S/C24H40O4/c1-14(4-9-22(27)28)18-7-8-19-17-6-5-15-12-16(25)10-11-23(15,2)20(17)13-21(26)24(18,19)3/h14-21,25-26H,4-13H2,1-3H3,(H,27,28)/t14?,15-,16?,17+,18-,19+,20+,21?,23+,24-/m1/s1. The van der Waals surface area contributed by atoms with Crippen molar-refractivity contribution in [3.05, 3.63) is 0 Å². The molecule has 4 aliphatic carbocycles. The van der Waals surface area contributed by atoms with Crippen molar-refractivity contribution < 1.29 is 20.1 Å². The van der Waals surface area contributed by atoms with Crippen molar-refractivity contribution in [2.45, 2.75) is 97.2 Å². The number of rotatable bonds is 4. The first kappa shape index (κ1) is 20.7. The number of hydrogen-bond donors (Lipinski definition) is 3. The fraction of sp³-hybridized carbons (Fsp3) is 0.958. The summed E-state index contributed by atoms with van der Waals surface area (Å²) in [6.07, 6.45) is 9.26. The summed E-state index contributed by atoms with van der Waals surface area (Å²) in [4.78, 5) is 11.1. The molecule has 0 bridgehead atoms. The molecule has 0 saturated heterocycles. The Labute approximate surface area is 170 Å². The number of aliphatic carboxylic acids is 1. The van der Waals surface area contributed by atoms with Crippen molar-refractivity contribution in [2.75, 3.05) is 0 Å². The van der Waals surface area contributed by atoms with Crippen LogP contribution in [-0.4, -0.2) is 33.5 Å². The monoisotopic (exact) mass is 392 g/mol. The lowest BCUT2D eigenvalue weighted by molar-refractivity contribution is -0.175. The maximum absolute atomic E-state index is 11.5. The normalized spacial score (nSPS) is 51.7. The van der Waals surface area contributed by atoms with Crippen LogP contribution in [0.1, 0.15) is 85.0 Å². The molecule has 10 atom stereocenters. The Balaban J connectivity index is 1.56. The van der Waals surface area contributed by atoms with Crippen LogP contribution < -0.4 is 0 Å². The highest BCUT2D eigenvalue weighted by atomic mass is 16.4. The first-order chi connectivity index (χ1) is 13.2. The van der Waals surface area contributed by atoms with Gasteiger partial charge in [0, 0.05) is 6.42 Å². The fourth-order valence-corrected chi connectivity index (χ4v) is 8.71. The zero-order valence-corrected chi connectivity index (χ0v) is 17.9. The quantitative estimate of drug-likeness (QED) is 0.659. The zero-order valence-electron chi connectivity index (χ0n) is 17.9. The Hall–Kier alpha value is -0.610. The second kappa shape index (κ2) is 7.27. The Kier molecular flexibility index (Phi) is 5.36. The van der Waals surface area contributed by atoms with Crippen molar-refractivity contribution in [1.29, 1.82) is 0 Å². The van der Waals surface area contributed by atoms with Crippen LogP contribution in [0.4, 0.5) is 0 Å². The van der Waals surface area contributed by atoms with Crippen molar-refractivity contribution in [1.82, 2.24) is 0 Å². The Morgan fingerprint density at radius 1 is 1.04 bits per heavy atom. The number of carbonyl (C=O) groups is 1. The Morgan fingerprint density at radius 3 is 2.50 bits per heavy atom. The van der Waals surface area contributed by atoms with Crippen LogP contribution in [0, 0.1) is 46.3 Å². The highest BCUT2D eigenvalue weighted by molar-refractivity contribution is 5.66. The number of carboxylic acid groups (broad SMARTS) is 1. The fourth-order valence-electron chi connectivity index (χ4n) is 8.71. The summed E-state index contributed by atoms with van der Waals surface area (Å²) in [6.45, 7) is 6.99. The van der Waals surface area contributed by atoms with Gasteiger partial charge in [-0.1, -0.05) is 20.8 Å². The smallest absolute Gasteiger partial charge is 0.303 e. The number of carboxylic acids is 1. The third kappa shape index (κ3) is 3.05. The lowest BCUT2D eigenvalue weighted by Gasteiger charge is -2.62. The minimum atomic E-state index is -0.707. The van der Waals surface area contributed by atoms with Crippen LogP contribution in [0.2, 0.25) is 0 Å². The van der Waals surface area contributed by atoms with E-state index in [9.17, 15) is 15.0 Å². The van der Waals surface area contributed by atoms with Gasteiger partial charge in [0.2, 0.25) is 0 Å². The number of fused-ring (bicyclic) bond motifs is 5. The first-order valence-corrected chi connectivity index (χ1v) is 11.8. The molecule has 3 N–H and O–H groups in total. The molecule has 4 fully saturated rings. The maximum Gasteiger partial charge on any atom is 0.303 e. The van der Waals surface area contributed by atoms with Gasteiger partial charge in [0.25, 0.3) is 0 Å². The molecule has 0 aromatic heterocycles.